The van der Waals surface area contributed by atoms with Crippen LogP contribution < -0.4 is 0 Å². The molecule has 2 heteroatoms. The van der Waals surface area contributed by atoms with E-state index in [-0.39, 0.29) is 5.78 Å². The highest BCUT2D eigenvalue weighted by atomic mass is 127. The van der Waals surface area contributed by atoms with E-state index in [4.69, 9.17) is 0 Å². The molecule has 0 aliphatic carbocycles. The molecule has 1 aromatic carbocycles. The summed E-state index contributed by atoms with van der Waals surface area (Å²) in [6.45, 7) is 1.60. The Balaban J connectivity index is 2.64. The number of hydrogen-bond acceptors (Lipinski definition) is 1. The number of carbonyl (C=O) groups is 1. The minimum Gasteiger partial charge on any atom is -0.295 e. The van der Waals surface area contributed by atoms with Gasteiger partial charge in [0.15, 0.2) is 5.78 Å². The fourth-order valence-electron chi connectivity index (χ4n) is 1.18. The predicted octanol–water partition coefficient (Wildman–Crippen LogP) is 3.26. The Morgan fingerprint density at radius 3 is 2.38 bits per heavy atom. The van der Waals surface area contributed by atoms with Gasteiger partial charge < -0.3 is 0 Å². The van der Waals surface area contributed by atoms with Gasteiger partial charge in [0.25, 0.3) is 0 Å². The average Bonchev–Trinajstić information content (AvgIpc) is 2.15. The lowest BCUT2D eigenvalue weighted by molar-refractivity contribution is 0.101. The Morgan fingerprint density at radius 2 is 1.92 bits per heavy atom. The van der Waals surface area contributed by atoms with Crippen LogP contribution in [0.15, 0.2) is 24.3 Å². The third-order valence-electron chi connectivity index (χ3n) is 1.96. The Kier molecular flexibility index (Phi) is 4.42. The molecule has 0 aliphatic heterocycles. The smallest absolute Gasteiger partial charge is 0.159 e. The number of rotatable bonds is 4. The number of halogens is 1. The topological polar surface area (TPSA) is 17.1 Å². The van der Waals surface area contributed by atoms with Crippen LogP contribution in [0.3, 0.4) is 0 Å². The zero-order valence-electron chi connectivity index (χ0n) is 7.72. The first kappa shape index (κ1) is 10.7. The van der Waals surface area contributed by atoms with Gasteiger partial charge in [0, 0.05) is 5.56 Å². The van der Waals surface area contributed by atoms with Crippen molar-refractivity contribution in [1.82, 2.24) is 0 Å². The third-order valence-corrected chi connectivity index (χ3v) is 2.72. The third kappa shape index (κ3) is 3.46. The minimum atomic E-state index is 0.139. The highest BCUT2D eigenvalue weighted by molar-refractivity contribution is 14.1. The second-order valence-corrected chi connectivity index (χ2v) is 4.12. The molecule has 0 bridgehead atoms. The molecule has 0 amide bonds. The zero-order valence-corrected chi connectivity index (χ0v) is 9.87. The molecule has 0 heterocycles. The van der Waals surface area contributed by atoms with Gasteiger partial charge in [-0.2, -0.15) is 0 Å². The average molecular weight is 288 g/mol. The number of aryl methyl sites for hydroxylation is 1. The summed E-state index contributed by atoms with van der Waals surface area (Å²) in [4.78, 5) is 11.0. The van der Waals surface area contributed by atoms with Crippen molar-refractivity contribution in [2.24, 2.45) is 0 Å². The van der Waals surface area contributed by atoms with Crippen molar-refractivity contribution in [3.8, 4) is 0 Å². The molecule has 1 rings (SSSR count). The molecule has 0 aliphatic rings. The SMILES string of the molecule is CC(=O)c1ccc(CCCI)cc1. The van der Waals surface area contributed by atoms with Crippen molar-refractivity contribution >= 4 is 28.4 Å². The van der Waals surface area contributed by atoms with E-state index < -0.39 is 0 Å². The molecule has 1 aromatic rings. The highest BCUT2D eigenvalue weighted by Crippen LogP contribution is 2.07. The lowest BCUT2D eigenvalue weighted by Crippen LogP contribution is -1.92. The number of alkyl halides is 1. The summed E-state index contributed by atoms with van der Waals surface area (Å²) in [7, 11) is 0. The zero-order chi connectivity index (χ0) is 9.68. The first-order valence-corrected chi connectivity index (χ1v) is 5.92. The van der Waals surface area contributed by atoms with Crippen LogP contribution in [0.1, 0.15) is 29.3 Å². The fraction of sp³-hybridized carbons (Fsp3) is 0.364. The normalized spacial score (nSPS) is 10.0. The van der Waals surface area contributed by atoms with E-state index >= 15 is 0 Å². The van der Waals surface area contributed by atoms with E-state index in [0.29, 0.717) is 0 Å². The summed E-state index contributed by atoms with van der Waals surface area (Å²) in [5, 5.41) is 0. The standard InChI is InChI=1S/C11H13IO/c1-9(13)11-6-4-10(5-7-11)3-2-8-12/h4-7H,2-3,8H2,1H3. The molecule has 0 N–H and O–H groups in total. The number of Topliss-reactive ketones (excluding diaryl/α,β-unsaturated/α-hetero) is 1. The van der Waals surface area contributed by atoms with Gasteiger partial charge in [0.2, 0.25) is 0 Å². The van der Waals surface area contributed by atoms with Crippen LogP contribution in [-0.2, 0) is 6.42 Å². The van der Waals surface area contributed by atoms with Gasteiger partial charge in [-0.15, -0.1) is 0 Å². The summed E-state index contributed by atoms with van der Waals surface area (Å²) in [6.07, 6.45) is 2.32. The summed E-state index contributed by atoms with van der Waals surface area (Å²) in [5.74, 6) is 0.139. The molecule has 0 fully saturated rings. The van der Waals surface area contributed by atoms with Crippen molar-refractivity contribution < 1.29 is 4.79 Å². The maximum atomic E-state index is 11.0. The molecule has 0 saturated carbocycles. The molecule has 0 unspecified atom stereocenters. The quantitative estimate of drug-likeness (QED) is 0.472. The van der Waals surface area contributed by atoms with Gasteiger partial charge in [-0.3, -0.25) is 4.79 Å². The van der Waals surface area contributed by atoms with Crippen molar-refractivity contribution in [2.45, 2.75) is 19.8 Å². The Bertz CT molecular complexity index is 277. The molecule has 0 radical (unpaired) electrons. The maximum Gasteiger partial charge on any atom is 0.159 e. The fourth-order valence-corrected chi connectivity index (χ4v) is 1.56. The van der Waals surface area contributed by atoms with Crippen LogP contribution in [0.25, 0.3) is 0 Å². The van der Waals surface area contributed by atoms with Crippen LogP contribution in [0, 0.1) is 0 Å². The monoisotopic (exact) mass is 288 g/mol. The van der Waals surface area contributed by atoms with E-state index in [1.807, 2.05) is 24.3 Å². The summed E-state index contributed by atoms with van der Waals surface area (Å²) in [6, 6.07) is 7.90. The van der Waals surface area contributed by atoms with Gasteiger partial charge in [0.1, 0.15) is 0 Å². The Morgan fingerprint density at radius 1 is 1.31 bits per heavy atom. The van der Waals surface area contributed by atoms with Crippen molar-refractivity contribution in [3.05, 3.63) is 35.4 Å². The molecule has 70 valence electrons. The summed E-state index contributed by atoms with van der Waals surface area (Å²) >= 11 is 2.38. The second kappa shape index (κ2) is 5.37. The second-order valence-electron chi connectivity index (χ2n) is 3.05. The van der Waals surface area contributed by atoms with Gasteiger partial charge in [0.05, 0.1) is 0 Å². The Hall–Kier alpha value is -0.380. The van der Waals surface area contributed by atoms with Gasteiger partial charge in [-0.1, -0.05) is 46.9 Å². The molecule has 0 aromatic heterocycles. The Labute approximate surface area is 92.7 Å². The van der Waals surface area contributed by atoms with Gasteiger partial charge in [-0.25, -0.2) is 0 Å². The number of benzene rings is 1. The minimum absolute atomic E-state index is 0.139. The molecule has 0 atom stereocenters. The highest BCUT2D eigenvalue weighted by Gasteiger charge is 1.98. The number of hydrogen-bond donors (Lipinski definition) is 0. The van der Waals surface area contributed by atoms with Crippen LogP contribution >= 0.6 is 22.6 Å². The van der Waals surface area contributed by atoms with Crippen LogP contribution in [0.2, 0.25) is 0 Å². The molecule has 1 nitrogen and oxygen atoms in total. The first-order chi connectivity index (χ1) is 6.24. The van der Waals surface area contributed by atoms with E-state index in [0.717, 1.165) is 12.0 Å². The molecular formula is C11H13IO. The van der Waals surface area contributed by atoms with Gasteiger partial charge in [-0.05, 0) is 29.8 Å². The van der Waals surface area contributed by atoms with Crippen LogP contribution in [0.4, 0.5) is 0 Å². The lowest BCUT2D eigenvalue weighted by Gasteiger charge is -2.00. The first-order valence-electron chi connectivity index (χ1n) is 4.40. The van der Waals surface area contributed by atoms with Crippen LogP contribution in [-0.4, -0.2) is 10.2 Å². The van der Waals surface area contributed by atoms with Crippen LogP contribution in [0.5, 0.6) is 0 Å². The van der Waals surface area contributed by atoms with E-state index in [9.17, 15) is 4.79 Å². The van der Waals surface area contributed by atoms with Crippen molar-refractivity contribution in [2.75, 3.05) is 4.43 Å². The summed E-state index contributed by atoms with van der Waals surface area (Å²) < 4.78 is 1.19. The molecule has 13 heavy (non-hydrogen) atoms. The maximum absolute atomic E-state index is 11.0. The summed E-state index contributed by atoms with van der Waals surface area (Å²) in [5.41, 5.74) is 2.12. The lowest BCUT2D eigenvalue weighted by atomic mass is 10.1. The number of carbonyl (C=O) groups excluding carboxylic acids is 1. The van der Waals surface area contributed by atoms with Crippen molar-refractivity contribution in [1.29, 1.82) is 0 Å². The number of ketones is 1. The predicted molar refractivity (Wildman–Crippen MR) is 63.7 cm³/mol. The molecule has 0 spiro atoms. The van der Waals surface area contributed by atoms with E-state index in [2.05, 4.69) is 22.6 Å². The van der Waals surface area contributed by atoms with Crippen molar-refractivity contribution in [3.63, 3.8) is 0 Å². The van der Waals surface area contributed by atoms with E-state index in [1.54, 1.807) is 6.92 Å². The van der Waals surface area contributed by atoms with Gasteiger partial charge >= 0.3 is 0 Å². The molecule has 0 saturated heterocycles. The van der Waals surface area contributed by atoms with E-state index in [1.165, 1.54) is 16.4 Å². The largest absolute Gasteiger partial charge is 0.295 e. The molecular weight excluding hydrogens is 275 g/mol.